The highest BCUT2D eigenvalue weighted by molar-refractivity contribution is 5.80. The van der Waals surface area contributed by atoms with Crippen molar-refractivity contribution in [2.24, 2.45) is 0 Å². The van der Waals surface area contributed by atoms with E-state index < -0.39 is 0 Å². The fraction of sp³-hybridized carbons (Fsp3) is 0.923. The van der Waals surface area contributed by atoms with Gasteiger partial charge in [-0.05, 0) is 12.8 Å². The molecule has 1 heterocycles. The van der Waals surface area contributed by atoms with Crippen molar-refractivity contribution in [1.29, 1.82) is 0 Å². The van der Waals surface area contributed by atoms with Crippen LogP contribution in [0.2, 0.25) is 0 Å². The van der Waals surface area contributed by atoms with Crippen LogP contribution in [0, 0.1) is 0 Å². The Hall–Kier alpha value is -0.370. The summed E-state index contributed by atoms with van der Waals surface area (Å²) in [7, 11) is 0. The van der Waals surface area contributed by atoms with Gasteiger partial charge in [0, 0.05) is 24.9 Å². The van der Waals surface area contributed by atoms with Gasteiger partial charge in [0.1, 0.15) is 5.78 Å². The second-order valence-electron chi connectivity index (χ2n) is 4.79. The normalized spacial score (nSPS) is 26.9. The van der Waals surface area contributed by atoms with Crippen LogP contribution in [0.15, 0.2) is 0 Å². The molecule has 0 spiro atoms. The smallest absolute Gasteiger partial charge is 0.136 e. The molecule has 1 rings (SSSR count). The first-order valence-corrected chi connectivity index (χ1v) is 6.54. The van der Waals surface area contributed by atoms with Crippen molar-refractivity contribution < 1.29 is 4.79 Å². The molecule has 1 fully saturated rings. The summed E-state index contributed by atoms with van der Waals surface area (Å²) in [6.07, 6.45) is 8.82. The second-order valence-corrected chi connectivity index (χ2v) is 4.79. The van der Waals surface area contributed by atoms with Gasteiger partial charge in [-0.1, -0.05) is 39.5 Å². The van der Waals surface area contributed by atoms with Crippen LogP contribution >= 0.6 is 0 Å². The molecule has 1 saturated heterocycles. The Morgan fingerprint density at radius 2 is 1.53 bits per heavy atom. The first kappa shape index (κ1) is 12.7. The van der Waals surface area contributed by atoms with Crippen LogP contribution in [-0.2, 0) is 4.79 Å². The summed E-state index contributed by atoms with van der Waals surface area (Å²) in [6.45, 7) is 4.42. The molecule has 0 radical (unpaired) electrons. The van der Waals surface area contributed by atoms with Gasteiger partial charge in [0.05, 0.1) is 0 Å². The van der Waals surface area contributed by atoms with Gasteiger partial charge in [0.25, 0.3) is 0 Å². The Balaban J connectivity index is 2.30. The molecule has 2 atom stereocenters. The lowest BCUT2D eigenvalue weighted by Crippen LogP contribution is -2.45. The summed E-state index contributed by atoms with van der Waals surface area (Å²) in [4.78, 5) is 11.6. The summed E-state index contributed by atoms with van der Waals surface area (Å²) < 4.78 is 0. The maximum Gasteiger partial charge on any atom is 0.136 e. The van der Waals surface area contributed by atoms with Crippen molar-refractivity contribution in [2.45, 2.75) is 77.3 Å². The fourth-order valence-corrected chi connectivity index (χ4v) is 2.36. The summed E-state index contributed by atoms with van der Waals surface area (Å²) in [6, 6.07) is 0.932. The third kappa shape index (κ3) is 4.78. The molecule has 0 aliphatic carbocycles. The average molecular weight is 211 g/mol. The lowest BCUT2D eigenvalue weighted by Gasteiger charge is -2.30. The van der Waals surface area contributed by atoms with E-state index in [1.165, 1.54) is 38.5 Å². The molecule has 1 aliphatic heterocycles. The van der Waals surface area contributed by atoms with E-state index in [0.717, 1.165) is 12.8 Å². The molecule has 0 unspecified atom stereocenters. The lowest BCUT2D eigenvalue weighted by atomic mass is 9.91. The number of hydrogen-bond acceptors (Lipinski definition) is 2. The van der Waals surface area contributed by atoms with Crippen LogP contribution in [0.3, 0.4) is 0 Å². The molecular formula is C13H25NO. The van der Waals surface area contributed by atoms with E-state index in [2.05, 4.69) is 19.2 Å². The third-order valence-corrected chi connectivity index (χ3v) is 3.23. The summed E-state index contributed by atoms with van der Waals surface area (Å²) in [5, 5.41) is 3.63. The minimum Gasteiger partial charge on any atom is -0.310 e. The van der Waals surface area contributed by atoms with Gasteiger partial charge in [-0.15, -0.1) is 0 Å². The summed E-state index contributed by atoms with van der Waals surface area (Å²) in [5.41, 5.74) is 0. The molecule has 0 amide bonds. The molecule has 2 nitrogen and oxygen atoms in total. The van der Waals surface area contributed by atoms with Gasteiger partial charge in [-0.2, -0.15) is 0 Å². The molecular weight excluding hydrogens is 186 g/mol. The number of Topliss-reactive ketones (excluding diaryl/α,β-unsaturated/α-hetero) is 1. The van der Waals surface area contributed by atoms with Gasteiger partial charge in [-0.3, -0.25) is 4.79 Å². The molecule has 1 aliphatic rings. The number of rotatable bonds is 6. The highest BCUT2D eigenvalue weighted by Crippen LogP contribution is 2.17. The summed E-state index contributed by atoms with van der Waals surface area (Å²) in [5.74, 6) is 0.468. The van der Waals surface area contributed by atoms with Gasteiger partial charge < -0.3 is 5.32 Å². The van der Waals surface area contributed by atoms with Crippen LogP contribution in [0.5, 0.6) is 0 Å². The van der Waals surface area contributed by atoms with Crippen molar-refractivity contribution >= 4 is 5.78 Å². The van der Waals surface area contributed by atoms with Gasteiger partial charge in [0.2, 0.25) is 0 Å². The summed E-state index contributed by atoms with van der Waals surface area (Å²) >= 11 is 0. The SMILES string of the molecule is CCCC[C@@H]1CC(=O)C[C@H](CCCC)N1. The van der Waals surface area contributed by atoms with Gasteiger partial charge in [0.15, 0.2) is 0 Å². The number of nitrogens with one attached hydrogen (secondary N) is 1. The van der Waals surface area contributed by atoms with Crippen molar-refractivity contribution in [1.82, 2.24) is 5.32 Å². The quantitative estimate of drug-likeness (QED) is 0.731. The van der Waals surface area contributed by atoms with Gasteiger partial charge in [-0.25, -0.2) is 0 Å². The van der Waals surface area contributed by atoms with E-state index >= 15 is 0 Å². The highest BCUT2D eigenvalue weighted by atomic mass is 16.1. The zero-order chi connectivity index (χ0) is 11.1. The van der Waals surface area contributed by atoms with E-state index in [-0.39, 0.29) is 0 Å². The molecule has 1 N–H and O–H groups in total. The lowest BCUT2D eigenvalue weighted by molar-refractivity contribution is -0.121. The van der Waals surface area contributed by atoms with Crippen LogP contribution in [0.1, 0.15) is 65.2 Å². The number of carbonyl (C=O) groups is 1. The van der Waals surface area contributed by atoms with Gasteiger partial charge >= 0.3 is 0 Å². The van der Waals surface area contributed by atoms with Crippen molar-refractivity contribution in [3.8, 4) is 0 Å². The zero-order valence-electron chi connectivity index (χ0n) is 10.2. The van der Waals surface area contributed by atoms with E-state index in [4.69, 9.17) is 0 Å². The maximum absolute atomic E-state index is 11.6. The van der Waals surface area contributed by atoms with E-state index in [9.17, 15) is 4.79 Å². The molecule has 15 heavy (non-hydrogen) atoms. The predicted molar refractivity (Wildman–Crippen MR) is 64.0 cm³/mol. The number of carbonyl (C=O) groups excluding carboxylic acids is 1. The maximum atomic E-state index is 11.6. The molecule has 88 valence electrons. The number of ketones is 1. The molecule has 0 saturated carbocycles. The topological polar surface area (TPSA) is 29.1 Å². The Labute approximate surface area is 93.8 Å². The first-order valence-electron chi connectivity index (χ1n) is 6.54. The highest BCUT2D eigenvalue weighted by Gasteiger charge is 2.25. The number of hydrogen-bond donors (Lipinski definition) is 1. The third-order valence-electron chi connectivity index (χ3n) is 3.23. The van der Waals surface area contributed by atoms with Crippen LogP contribution in [0.25, 0.3) is 0 Å². The van der Waals surface area contributed by atoms with Crippen molar-refractivity contribution in [2.75, 3.05) is 0 Å². The molecule has 0 aromatic heterocycles. The number of piperidine rings is 1. The van der Waals surface area contributed by atoms with E-state index in [1.807, 2.05) is 0 Å². The van der Waals surface area contributed by atoms with Crippen molar-refractivity contribution in [3.63, 3.8) is 0 Å². The van der Waals surface area contributed by atoms with Crippen molar-refractivity contribution in [3.05, 3.63) is 0 Å². The monoisotopic (exact) mass is 211 g/mol. The number of unbranched alkanes of at least 4 members (excludes halogenated alkanes) is 2. The predicted octanol–water partition coefficient (Wildman–Crippen LogP) is 3.06. The first-order chi connectivity index (χ1) is 7.26. The Morgan fingerprint density at radius 1 is 1.07 bits per heavy atom. The fourth-order valence-electron chi connectivity index (χ4n) is 2.36. The standard InChI is InChI=1S/C13H25NO/c1-3-5-7-11-9-13(15)10-12(14-11)8-6-4-2/h11-12,14H,3-10H2,1-2H3/t11-,12+. The Bertz CT molecular complexity index is 173. The largest absolute Gasteiger partial charge is 0.310 e. The average Bonchev–Trinajstić information content (AvgIpc) is 2.23. The molecule has 0 aromatic carbocycles. The van der Waals surface area contributed by atoms with E-state index in [1.54, 1.807) is 0 Å². The minimum absolute atomic E-state index is 0.466. The van der Waals surface area contributed by atoms with Crippen LogP contribution in [0.4, 0.5) is 0 Å². The second kappa shape index (κ2) is 7.00. The molecule has 2 heteroatoms. The van der Waals surface area contributed by atoms with E-state index in [0.29, 0.717) is 17.9 Å². The minimum atomic E-state index is 0.466. The molecule has 0 aromatic rings. The molecule has 0 bridgehead atoms. The zero-order valence-corrected chi connectivity index (χ0v) is 10.2. The van der Waals surface area contributed by atoms with Crippen LogP contribution in [-0.4, -0.2) is 17.9 Å². The Morgan fingerprint density at radius 3 is 1.93 bits per heavy atom. The van der Waals surface area contributed by atoms with Crippen LogP contribution < -0.4 is 5.32 Å². The Kier molecular flexibility index (Phi) is 5.92.